The van der Waals surface area contributed by atoms with Crippen molar-refractivity contribution in [3.05, 3.63) is 69.2 Å². The van der Waals surface area contributed by atoms with Gasteiger partial charge in [0.25, 0.3) is 5.91 Å². The van der Waals surface area contributed by atoms with Crippen molar-refractivity contribution in [1.29, 1.82) is 0 Å². The summed E-state index contributed by atoms with van der Waals surface area (Å²) >= 11 is 12.1. The molecule has 138 valence electrons. The Hall–Kier alpha value is -1.59. The highest BCUT2D eigenvalue weighted by atomic mass is 35.5. The van der Waals surface area contributed by atoms with Crippen LogP contribution in [0, 0.1) is 0 Å². The molecule has 1 aliphatic rings. The second-order valence-electron chi connectivity index (χ2n) is 6.23. The molecule has 0 spiro atoms. The average molecular weight is 394 g/mol. The lowest BCUT2D eigenvalue weighted by Crippen LogP contribution is -2.24. The molecule has 0 aliphatic carbocycles. The Morgan fingerprint density at radius 1 is 1.12 bits per heavy atom. The number of ether oxygens (including phenoxy) is 2. The Kier molecular flexibility index (Phi) is 6.92. The molecule has 2 aromatic rings. The van der Waals surface area contributed by atoms with Crippen LogP contribution in [0.25, 0.3) is 0 Å². The Morgan fingerprint density at radius 2 is 1.85 bits per heavy atom. The number of halogens is 2. The van der Waals surface area contributed by atoms with Crippen molar-refractivity contribution in [2.75, 3.05) is 13.2 Å². The SMILES string of the molecule is O=C(NCc1cccc(COC2CCOCC2)c1)c1cccc(Cl)c1Cl. The van der Waals surface area contributed by atoms with Gasteiger partial charge in [-0.25, -0.2) is 0 Å². The van der Waals surface area contributed by atoms with Gasteiger partial charge in [-0.2, -0.15) is 0 Å². The Labute approximate surface area is 163 Å². The zero-order valence-corrected chi connectivity index (χ0v) is 15.9. The number of hydrogen-bond acceptors (Lipinski definition) is 3. The number of nitrogens with one attached hydrogen (secondary N) is 1. The summed E-state index contributed by atoms with van der Waals surface area (Å²) in [6.07, 6.45) is 2.14. The van der Waals surface area contributed by atoms with Crippen molar-refractivity contribution in [1.82, 2.24) is 5.32 Å². The van der Waals surface area contributed by atoms with Gasteiger partial charge in [-0.1, -0.05) is 53.5 Å². The van der Waals surface area contributed by atoms with Gasteiger partial charge in [-0.15, -0.1) is 0 Å². The maximum absolute atomic E-state index is 12.3. The molecule has 6 heteroatoms. The van der Waals surface area contributed by atoms with Gasteiger partial charge in [0, 0.05) is 19.8 Å². The first-order valence-corrected chi connectivity index (χ1v) is 9.38. The molecule has 0 bridgehead atoms. The van der Waals surface area contributed by atoms with Crippen molar-refractivity contribution in [3.8, 4) is 0 Å². The first-order chi connectivity index (χ1) is 12.6. The van der Waals surface area contributed by atoms with Gasteiger partial charge in [0.15, 0.2) is 0 Å². The lowest BCUT2D eigenvalue weighted by molar-refractivity contribution is -0.0390. The van der Waals surface area contributed by atoms with Crippen LogP contribution in [-0.2, 0) is 22.6 Å². The van der Waals surface area contributed by atoms with Gasteiger partial charge in [0.2, 0.25) is 0 Å². The Bertz CT molecular complexity index is 760. The second-order valence-corrected chi connectivity index (χ2v) is 7.01. The van der Waals surface area contributed by atoms with Crippen LogP contribution in [0.1, 0.15) is 34.3 Å². The van der Waals surface area contributed by atoms with Gasteiger partial charge < -0.3 is 14.8 Å². The van der Waals surface area contributed by atoms with Gasteiger partial charge in [0.05, 0.1) is 28.3 Å². The lowest BCUT2D eigenvalue weighted by Gasteiger charge is -2.22. The van der Waals surface area contributed by atoms with Crippen molar-refractivity contribution >= 4 is 29.1 Å². The first-order valence-electron chi connectivity index (χ1n) is 8.63. The maximum atomic E-state index is 12.3. The second kappa shape index (κ2) is 9.38. The van der Waals surface area contributed by atoms with Crippen LogP contribution in [-0.4, -0.2) is 25.2 Å². The molecule has 1 aliphatic heterocycles. The molecule has 0 unspecified atom stereocenters. The van der Waals surface area contributed by atoms with Gasteiger partial charge in [0.1, 0.15) is 0 Å². The minimum atomic E-state index is -0.249. The minimum absolute atomic E-state index is 0.249. The summed E-state index contributed by atoms with van der Waals surface area (Å²) in [6.45, 7) is 2.50. The zero-order valence-electron chi connectivity index (χ0n) is 14.3. The van der Waals surface area contributed by atoms with Crippen LogP contribution in [0.5, 0.6) is 0 Å². The number of benzene rings is 2. The number of carbonyl (C=O) groups is 1. The molecule has 0 radical (unpaired) electrons. The predicted octanol–water partition coefficient (Wildman–Crippen LogP) is 4.62. The topological polar surface area (TPSA) is 47.6 Å². The quantitative estimate of drug-likeness (QED) is 0.778. The summed E-state index contributed by atoms with van der Waals surface area (Å²) in [5.74, 6) is -0.249. The van der Waals surface area contributed by atoms with E-state index in [1.807, 2.05) is 24.3 Å². The van der Waals surface area contributed by atoms with Crippen LogP contribution in [0.4, 0.5) is 0 Å². The monoisotopic (exact) mass is 393 g/mol. The molecular formula is C20H21Cl2NO3. The zero-order chi connectivity index (χ0) is 18.4. The Balaban J connectivity index is 1.54. The molecule has 1 N–H and O–H groups in total. The third-order valence-corrected chi connectivity index (χ3v) is 5.11. The number of amides is 1. The average Bonchev–Trinajstić information content (AvgIpc) is 2.68. The predicted molar refractivity (Wildman–Crippen MR) is 103 cm³/mol. The lowest BCUT2D eigenvalue weighted by atomic mass is 10.1. The standard InChI is InChI=1S/C20H21Cl2NO3/c21-18-6-2-5-17(19(18)22)20(24)23-12-14-3-1-4-15(11-14)13-26-16-7-9-25-10-8-16/h1-6,11,16H,7-10,12-13H2,(H,23,24). The fourth-order valence-electron chi connectivity index (χ4n) is 2.84. The van der Waals surface area contributed by atoms with E-state index in [2.05, 4.69) is 5.32 Å². The van der Waals surface area contributed by atoms with Crippen molar-refractivity contribution < 1.29 is 14.3 Å². The molecule has 4 nitrogen and oxygen atoms in total. The van der Waals surface area contributed by atoms with Crippen LogP contribution in [0.3, 0.4) is 0 Å². The van der Waals surface area contributed by atoms with Crippen LogP contribution >= 0.6 is 23.2 Å². The number of rotatable bonds is 6. The third kappa shape index (κ3) is 5.21. The van der Waals surface area contributed by atoms with Gasteiger partial charge >= 0.3 is 0 Å². The van der Waals surface area contributed by atoms with Gasteiger partial charge in [-0.3, -0.25) is 4.79 Å². The molecule has 0 saturated carbocycles. The normalized spacial score (nSPS) is 15.0. The summed E-state index contributed by atoms with van der Waals surface area (Å²) in [5, 5.41) is 3.51. The van der Waals surface area contributed by atoms with Crippen LogP contribution < -0.4 is 5.32 Å². The van der Waals surface area contributed by atoms with E-state index < -0.39 is 0 Å². The minimum Gasteiger partial charge on any atom is -0.381 e. The Morgan fingerprint density at radius 3 is 2.65 bits per heavy atom. The summed E-state index contributed by atoms with van der Waals surface area (Å²) in [4.78, 5) is 12.3. The molecule has 3 rings (SSSR count). The van der Waals surface area contributed by atoms with Crippen molar-refractivity contribution in [2.24, 2.45) is 0 Å². The van der Waals surface area contributed by atoms with Crippen molar-refractivity contribution in [2.45, 2.75) is 32.1 Å². The highest BCUT2D eigenvalue weighted by Gasteiger charge is 2.14. The molecule has 1 amide bonds. The highest BCUT2D eigenvalue weighted by Crippen LogP contribution is 2.25. The molecule has 0 aromatic heterocycles. The summed E-state index contributed by atoms with van der Waals surface area (Å²) in [7, 11) is 0. The van der Waals surface area contributed by atoms with E-state index in [0.717, 1.165) is 37.2 Å². The summed E-state index contributed by atoms with van der Waals surface area (Å²) < 4.78 is 11.3. The largest absolute Gasteiger partial charge is 0.381 e. The molecule has 1 fully saturated rings. The first kappa shape index (κ1) is 19.2. The van der Waals surface area contributed by atoms with E-state index in [1.54, 1.807) is 18.2 Å². The number of hydrogen-bond donors (Lipinski definition) is 1. The molecule has 0 atom stereocenters. The molecule has 1 heterocycles. The van der Waals surface area contributed by atoms with Crippen molar-refractivity contribution in [3.63, 3.8) is 0 Å². The van der Waals surface area contributed by atoms with E-state index in [9.17, 15) is 4.79 Å². The fraction of sp³-hybridized carbons (Fsp3) is 0.350. The smallest absolute Gasteiger partial charge is 0.253 e. The van der Waals surface area contributed by atoms with Crippen LogP contribution in [0.2, 0.25) is 10.0 Å². The van der Waals surface area contributed by atoms with Gasteiger partial charge in [-0.05, 0) is 36.1 Å². The molecule has 26 heavy (non-hydrogen) atoms. The highest BCUT2D eigenvalue weighted by molar-refractivity contribution is 6.43. The van der Waals surface area contributed by atoms with E-state index >= 15 is 0 Å². The summed E-state index contributed by atoms with van der Waals surface area (Å²) in [5.41, 5.74) is 2.46. The molecule has 1 saturated heterocycles. The summed E-state index contributed by atoms with van der Waals surface area (Å²) in [6, 6.07) is 13.0. The molecule has 2 aromatic carbocycles. The van der Waals surface area contributed by atoms with E-state index in [4.69, 9.17) is 32.7 Å². The fourth-order valence-corrected chi connectivity index (χ4v) is 3.23. The molecular weight excluding hydrogens is 373 g/mol. The van der Waals surface area contributed by atoms with E-state index in [0.29, 0.717) is 23.7 Å². The third-order valence-electron chi connectivity index (χ3n) is 4.29. The number of carbonyl (C=O) groups excluding carboxylic acids is 1. The van der Waals surface area contributed by atoms with E-state index in [1.165, 1.54) is 0 Å². The van der Waals surface area contributed by atoms with Crippen LogP contribution in [0.15, 0.2) is 42.5 Å². The maximum Gasteiger partial charge on any atom is 0.253 e. The van der Waals surface area contributed by atoms with E-state index in [-0.39, 0.29) is 17.0 Å².